The molecule has 106 valence electrons. The number of anilines is 3. The van der Waals surface area contributed by atoms with Crippen LogP contribution in [0.2, 0.25) is 5.02 Å². The van der Waals surface area contributed by atoms with Crippen LogP contribution in [-0.4, -0.2) is 9.97 Å². The monoisotopic (exact) mass is 295 g/mol. The van der Waals surface area contributed by atoms with Gasteiger partial charge in [-0.3, -0.25) is 0 Å². The van der Waals surface area contributed by atoms with Gasteiger partial charge in [0.25, 0.3) is 0 Å². The first-order valence-corrected chi connectivity index (χ1v) is 6.49. The summed E-state index contributed by atoms with van der Waals surface area (Å²) in [6, 6.07) is 4.73. The molecule has 2 rings (SSSR count). The molecule has 0 fully saturated rings. The Morgan fingerprint density at radius 3 is 2.65 bits per heavy atom. The molecule has 1 aromatic carbocycles. The van der Waals surface area contributed by atoms with Gasteiger partial charge in [-0.25, -0.2) is 20.2 Å². The van der Waals surface area contributed by atoms with E-state index in [9.17, 15) is 4.39 Å². The average Bonchev–Trinajstić information content (AvgIpc) is 2.45. The van der Waals surface area contributed by atoms with Gasteiger partial charge >= 0.3 is 0 Å². The summed E-state index contributed by atoms with van der Waals surface area (Å²) in [6.45, 7) is 3.72. The van der Waals surface area contributed by atoms with Crippen molar-refractivity contribution in [1.29, 1.82) is 0 Å². The molecule has 1 heterocycles. The zero-order chi connectivity index (χ0) is 14.7. The molecule has 0 unspecified atom stereocenters. The maximum absolute atomic E-state index is 13.9. The Hall–Kier alpha value is -1.92. The summed E-state index contributed by atoms with van der Waals surface area (Å²) in [6.07, 6.45) is 0.641. The van der Waals surface area contributed by atoms with Crippen LogP contribution >= 0.6 is 11.6 Å². The predicted molar refractivity (Wildman–Crippen MR) is 78.6 cm³/mol. The summed E-state index contributed by atoms with van der Waals surface area (Å²) in [5.41, 5.74) is 3.46. The Labute approximate surface area is 121 Å². The van der Waals surface area contributed by atoms with Crippen LogP contribution in [-0.2, 0) is 6.42 Å². The largest absolute Gasteiger partial charge is 0.337 e. The minimum Gasteiger partial charge on any atom is -0.337 e. The van der Waals surface area contributed by atoms with E-state index in [1.807, 2.05) is 6.92 Å². The predicted octanol–water partition coefficient (Wildman–Crippen LogP) is 3.17. The lowest BCUT2D eigenvalue weighted by Gasteiger charge is -2.14. The fourth-order valence-electron chi connectivity index (χ4n) is 1.71. The van der Waals surface area contributed by atoms with Crippen LogP contribution in [0.3, 0.4) is 0 Å². The van der Waals surface area contributed by atoms with Crippen LogP contribution in [0.4, 0.5) is 21.7 Å². The maximum atomic E-state index is 13.9. The second kappa shape index (κ2) is 6.02. The van der Waals surface area contributed by atoms with E-state index in [1.54, 1.807) is 19.1 Å². The molecular formula is C13H15ClFN5. The summed E-state index contributed by atoms with van der Waals surface area (Å²) in [4.78, 5) is 8.58. The third kappa shape index (κ3) is 2.81. The molecule has 20 heavy (non-hydrogen) atoms. The SMILES string of the molecule is CCc1nc(NN)c(C)c(Nc2cccc(Cl)c2F)n1. The van der Waals surface area contributed by atoms with Crippen molar-refractivity contribution in [1.82, 2.24) is 9.97 Å². The number of nitrogens with zero attached hydrogens (tertiary/aromatic N) is 2. The van der Waals surface area contributed by atoms with Crippen molar-refractivity contribution in [2.75, 3.05) is 10.7 Å². The number of nitrogens with one attached hydrogen (secondary N) is 2. The van der Waals surface area contributed by atoms with Gasteiger partial charge in [-0.05, 0) is 19.1 Å². The lowest BCUT2D eigenvalue weighted by Crippen LogP contribution is -2.14. The Bertz CT molecular complexity index is 632. The quantitative estimate of drug-likeness (QED) is 0.596. The van der Waals surface area contributed by atoms with Gasteiger partial charge < -0.3 is 10.7 Å². The first-order valence-electron chi connectivity index (χ1n) is 6.12. The molecule has 0 saturated heterocycles. The van der Waals surface area contributed by atoms with E-state index in [-0.39, 0.29) is 10.7 Å². The Balaban J connectivity index is 2.45. The Morgan fingerprint density at radius 2 is 2.00 bits per heavy atom. The number of benzene rings is 1. The molecule has 0 saturated carbocycles. The first-order chi connectivity index (χ1) is 9.56. The second-order valence-corrected chi connectivity index (χ2v) is 4.59. The molecule has 0 amide bonds. The average molecular weight is 296 g/mol. The van der Waals surface area contributed by atoms with E-state index in [4.69, 9.17) is 17.4 Å². The van der Waals surface area contributed by atoms with Crippen molar-refractivity contribution in [3.63, 3.8) is 0 Å². The van der Waals surface area contributed by atoms with Crippen LogP contribution in [0.15, 0.2) is 18.2 Å². The molecular weight excluding hydrogens is 281 g/mol. The standard InChI is InChI=1S/C13H15ClFN5/c1-3-10-18-12(7(2)13(19-10)20-16)17-9-6-4-5-8(14)11(9)15/h4-6H,3,16H2,1-2H3,(H2,17,18,19,20). The molecule has 5 nitrogen and oxygen atoms in total. The van der Waals surface area contributed by atoms with E-state index in [0.717, 1.165) is 0 Å². The molecule has 7 heteroatoms. The van der Waals surface area contributed by atoms with Gasteiger partial charge in [0.15, 0.2) is 5.82 Å². The first kappa shape index (κ1) is 14.5. The van der Waals surface area contributed by atoms with Crippen molar-refractivity contribution < 1.29 is 4.39 Å². The summed E-state index contributed by atoms with van der Waals surface area (Å²) in [5, 5.41) is 2.98. The van der Waals surface area contributed by atoms with E-state index in [0.29, 0.717) is 29.4 Å². The van der Waals surface area contributed by atoms with E-state index < -0.39 is 5.82 Å². The maximum Gasteiger partial charge on any atom is 0.165 e. The van der Waals surface area contributed by atoms with Gasteiger partial charge in [0.05, 0.1) is 10.7 Å². The fraction of sp³-hybridized carbons (Fsp3) is 0.231. The number of hydrazine groups is 1. The number of hydrogen-bond acceptors (Lipinski definition) is 5. The highest BCUT2D eigenvalue weighted by Gasteiger charge is 2.12. The zero-order valence-corrected chi connectivity index (χ0v) is 11.9. The number of aromatic nitrogens is 2. The summed E-state index contributed by atoms with van der Waals surface area (Å²) in [5.74, 6) is 6.50. The molecule has 0 aliphatic heterocycles. The van der Waals surface area contributed by atoms with Crippen molar-refractivity contribution in [3.05, 3.63) is 40.4 Å². The topological polar surface area (TPSA) is 75.9 Å². The van der Waals surface area contributed by atoms with Crippen molar-refractivity contribution in [3.8, 4) is 0 Å². The number of hydrogen-bond donors (Lipinski definition) is 3. The van der Waals surface area contributed by atoms with Crippen LogP contribution < -0.4 is 16.6 Å². The van der Waals surface area contributed by atoms with Crippen molar-refractivity contribution in [2.24, 2.45) is 5.84 Å². The van der Waals surface area contributed by atoms with Crippen molar-refractivity contribution >= 4 is 28.9 Å². The number of nitrogen functional groups attached to an aromatic ring is 1. The third-order valence-electron chi connectivity index (χ3n) is 2.85. The molecule has 0 radical (unpaired) electrons. The van der Waals surface area contributed by atoms with Crippen molar-refractivity contribution in [2.45, 2.75) is 20.3 Å². The van der Waals surface area contributed by atoms with Gasteiger partial charge in [0, 0.05) is 12.0 Å². The zero-order valence-electron chi connectivity index (χ0n) is 11.2. The van der Waals surface area contributed by atoms with Gasteiger partial charge in [0.1, 0.15) is 17.5 Å². The molecule has 1 aromatic heterocycles. The molecule has 0 aliphatic carbocycles. The lowest BCUT2D eigenvalue weighted by atomic mass is 10.2. The smallest absolute Gasteiger partial charge is 0.165 e. The van der Waals surface area contributed by atoms with E-state index in [2.05, 4.69) is 20.7 Å². The third-order valence-corrected chi connectivity index (χ3v) is 3.14. The molecule has 2 aromatic rings. The summed E-state index contributed by atoms with van der Waals surface area (Å²) >= 11 is 5.76. The second-order valence-electron chi connectivity index (χ2n) is 4.19. The minimum absolute atomic E-state index is 0.0506. The normalized spacial score (nSPS) is 10.4. The number of aryl methyl sites for hydroxylation is 1. The minimum atomic E-state index is -0.521. The van der Waals surface area contributed by atoms with Crippen LogP contribution in [0, 0.1) is 12.7 Å². The molecule has 0 aliphatic rings. The van der Waals surface area contributed by atoms with Crippen LogP contribution in [0.1, 0.15) is 18.3 Å². The molecule has 0 atom stereocenters. The fourth-order valence-corrected chi connectivity index (χ4v) is 1.89. The van der Waals surface area contributed by atoms with Gasteiger partial charge in [-0.2, -0.15) is 0 Å². The molecule has 0 bridgehead atoms. The Kier molecular flexibility index (Phi) is 4.36. The van der Waals surface area contributed by atoms with Gasteiger partial charge in [-0.15, -0.1) is 0 Å². The number of nitrogens with two attached hydrogens (primary N) is 1. The van der Waals surface area contributed by atoms with Gasteiger partial charge in [-0.1, -0.05) is 24.6 Å². The summed E-state index contributed by atoms with van der Waals surface area (Å²) in [7, 11) is 0. The highest BCUT2D eigenvalue weighted by Crippen LogP contribution is 2.27. The van der Waals surface area contributed by atoms with E-state index >= 15 is 0 Å². The molecule has 0 spiro atoms. The number of rotatable bonds is 4. The highest BCUT2D eigenvalue weighted by atomic mass is 35.5. The van der Waals surface area contributed by atoms with Gasteiger partial charge in [0.2, 0.25) is 0 Å². The van der Waals surface area contributed by atoms with E-state index in [1.165, 1.54) is 6.07 Å². The highest BCUT2D eigenvalue weighted by molar-refractivity contribution is 6.31. The lowest BCUT2D eigenvalue weighted by molar-refractivity contribution is 0.632. The molecule has 4 N–H and O–H groups in total. The van der Waals surface area contributed by atoms with Crippen LogP contribution in [0.25, 0.3) is 0 Å². The Morgan fingerprint density at radius 1 is 1.30 bits per heavy atom. The summed E-state index contributed by atoms with van der Waals surface area (Å²) < 4.78 is 13.9. The number of halogens is 2. The van der Waals surface area contributed by atoms with Crippen LogP contribution in [0.5, 0.6) is 0 Å².